The Morgan fingerprint density at radius 2 is 1.90 bits per heavy atom. The van der Waals surface area contributed by atoms with Gasteiger partial charge in [0.15, 0.2) is 0 Å². The lowest BCUT2D eigenvalue weighted by Gasteiger charge is -2.12. The number of rotatable bonds is 3. The molecular formula is C14H15BrN4O. The fourth-order valence-electron chi connectivity index (χ4n) is 1.62. The van der Waals surface area contributed by atoms with Crippen LogP contribution in [0.1, 0.15) is 16.1 Å². The molecule has 1 amide bonds. The van der Waals surface area contributed by atoms with E-state index < -0.39 is 0 Å². The van der Waals surface area contributed by atoms with Crippen LogP contribution in [0.15, 0.2) is 34.9 Å². The van der Waals surface area contributed by atoms with Gasteiger partial charge >= 0.3 is 0 Å². The van der Waals surface area contributed by atoms with Crippen molar-refractivity contribution in [2.45, 2.75) is 6.92 Å². The molecule has 0 bridgehead atoms. The third-order valence-corrected chi connectivity index (χ3v) is 3.24. The molecule has 0 fully saturated rings. The lowest BCUT2D eigenvalue weighted by Crippen LogP contribution is -2.18. The first-order valence-corrected chi connectivity index (χ1v) is 6.84. The van der Waals surface area contributed by atoms with Crippen molar-refractivity contribution in [3.8, 4) is 0 Å². The summed E-state index contributed by atoms with van der Waals surface area (Å²) in [6.07, 6.45) is 1.55. The number of anilines is 2. The smallest absolute Gasteiger partial charge is 0.259 e. The fraction of sp³-hybridized carbons (Fsp3) is 0.214. The van der Waals surface area contributed by atoms with Crippen LogP contribution in [0.3, 0.4) is 0 Å². The Balaban J connectivity index is 2.19. The number of aromatic nitrogens is 2. The van der Waals surface area contributed by atoms with Gasteiger partial charge in [-0.15, -0.1) is 0 Å². The van der Waals surface area contributed by atoms with Crippen molar-refractivity contribution in [3.05, 3.63) is 46.2 Å². The number of amides is 1. The molecule has 2 aromatic rings. The summed E-state index contributed by atoms with van der Waals surface area (Å²) in [5, 5.41) is 2.82. The van der Waals surface area contributed by atoms with E-state index in [2.05, 4.69) is 31.2 Å². The Hall–Kier alpha value is -1.95. The zero-order valence-electron chi connectivity index (χ0n) is 11.5. The first-order valence-electron chi connectivity index (χ1n) is 6.05. The van der Waals surface area contributed by atoms with Gasteiger partial charge in [0.1, 0.15) is 0 Å². The summed E-state index contributed by atoms with van der Waals surface area (Å²) >= 11 is 3.35. The highest BCUT2D eigenvalue weighted by Gasteiger charge is 2.12. The maximum Gasteiger partial charge on any atom is 0.259 e. The van der Waals surface area contributed by atoms with Crippen LogP contribution in [0.25, 0.3) is 0 Å². The van der Waals surface area contributed by atoms with Gasteiger partial charge in [0.05, 0.1) is 11.3 Å². The minimum atomic E-state index is -0.213. The summed E-state index contributed by atoms with van der Waals surface area (Å²) in [5.74, 6) is 0.373. The SMILES string of the molecule is Cc1nc(N(C)C)ncc1C(=O)Nc1ccc(Br)cc1. The number of carbonyl (C=O) groups excluding carboxylic acids is 1. The molecule has 2 rings (SSSR count). The topological polar surface area (TPSA) is 58.1 Å². The second kappa shape index (κ2) is 6.00. The zero-order chi connectivity index (χ0) is 14.7. The summed E-state index contributed by atoms with van der Waals surface area (Å²) < 4.78 is 0.963. The van der Waals surface area contributed by atoms with E-state index in [9.17, 15) is 4.79 Å². The summed E-state index contributed by atoms with van der Waals surface area (Å²) in [4.78, 5) is 22.4. The molecule has 0 radical (unpaired) electrons. The molecule has 1 heterocycles. The zero-order valence-corrected chi connectivity index (χ0v) is 13.1. The molecular weight excluding hydrogens is 320 g/mol. The molecule has 0 spiro atoms. The standard InChI is InChI=1S/C14H15BrN4O/c1-9-12(8-16-14(17-9)19(2)3)13(20)18-11-6-4-10(15)5-7-11/h4-8H,1-3H3,(H,18,20). The Labute approximate surface area is 126 Å². The molecule has 0 saturated heterocycles. The maximum atomic E-state index is 12.2. The number of hydrogen-bond acceptors (Lipinski definition) is 4. The van der Waals surface area contributed by atoms with E-state index in [-0.39, 0.29) is 5.91 Å². The molecule has 20 heavy (non-hydrogen) atoms. The number of nitrogens with one attached hydrogen (secondary N) is 1. The molecule has 6 heteroatoms. The summed E-state index contributed by atoms with van der Waals surface area (Å²) in [6.45, 7) is 1.80. The van der Waals surface area contributed by atoms with Crippen molar-refractivity contribution in [2.24, 2.45) is 0 Å². The van der Waals surface area contributed by atoms with Crippen molar-refractivity contribution >= 4 is 33.5 Å². The van der Waals surface area contributed by atoms with Gasteiger partial charge in [-0.2, -0.15) is 0 Å². The van der Waals surface area contributed by atoms with Crippen LogP contribution in [0.2, 0.25) is 0 Å². The Bertz CT molecular complexity index is 626. The van der Waals surface area contributed by atoms with Gasteiger partial charge in [0.2, 0.25) is 5.95 Å². The fourth-order valence-corrected chi connectivity index (χ4v) is 1.89. The average Bonchev–Trinajstić information content (AvgIpc) is 2.41. The van der Waals surface area contributed by atoms with E-state index in [1.54, 1.807) is 18.0 Å². The molecule has 1 aromatic heterocycles. The minimum absolute atomic E-state index is 0.213. The number of hydrogen-bond donors (Lipinski definition) is 1. The predicted octanol–water partition coefficient (Wildman–Crippen LogP) is 2.87. The van der Waals surface area contributed by atoms with Crippen LogP contribution in [0, 0.1) is 6.92 Å². The number of aryl methyl sites for hydroxylation is 1. The molecule has 0 aliphatic heterocycles. The quantitative estimate of drug-likeness (QED) is 0.937. The molecule has 0 aliphatic carbocycles. The van der Waals surface area contributed by atoms with E-state index in [0.717, 1.165) is 10.2 Å². The molecule has 1 aromatic carbocycles. The van der Waals surface area contributed by atoms with Crippen LogP contribution in [-0.4, -0.2) is 30.0 Å². The number of carbonyl (C=O) groups is 1. The average molecular weight is 335 g/mol. The van der Waals surface area contributed by atoms with Gasteiger partial charge in [-0.25, -0.2) is 9.97 Å². The molecule has 0 atom stereocenters. The van der Waals surface area contributed by atoms with Gasteiger partial charge in [-0.1, -0.05) is 15.9 Å². The highest BCUT2D eigenvalue weighted by Crippen LogP contribution is 2.16. The first-order chi connectivity index (χ1) is 9.47. The molecule has 5 nitrogen and oxygen atoms in total. The first kappa shape index (κ1) is 14.5. The third kappa shape index (κ3) is 3.33. The van der Waals surface area contributed by atoms with E-state index in [1.807, 2.05) is 38.4 Å². The Morgan fingerprint density at radius 3 is 2.45 bits per heavy atom. The van der Waals surface area contributed by atoms with Crippen LogP contribution in [0.4, 0.5) is 11.6 Å². The van der Waals surface area contributed by atoms with Gasteiger partial charge < -0.3 is 10.2 Å². The lowest BCUT2D eigenvalue weighted by atomic mass is 10.2. The summed E-state index contributed by atoms with van der Waals surface area (Å²) in [7, 11) is 3.71. The van der Waals surface area contributed by atoms with Crippen LogP contribution < -0.4 is 10.2 Å². The van der Waals surface area contributed by atoms with Crippen LogP contribution in [0.5, 0.6) is 0 Å². The normalized spacial score (nSPS) is 10.2. The second-order valence-corrected chi connectivity index (χ2v) is 5.44. The number of nitrogens with zero attached hydrogens (tertiary/aromatic N) is 3. The third-order valence-electron chi connectivity index (χ3n) is 2.71. The minimum Gasteiger partial charge on any atom is -0.347 e. The Morgan fingerprint density at radius 1 is 1.25 bits per heavy atom. The second-order valence-electron chi connectivity index (χ2n) is 4.52. The van der Waals surface area contributed by atoms with E-state index in [1.165, 1.54) is 0 Å². The van der Waals surface area contributed by atoms with E-state index >= 15 is 0 Å². The maximum absolute atomic E-state index is 12.2. The van der Waals surface area contributed by atoms with E-state index in [0.29, 0.717) is 17.2 Å². The molecule has 104 valence electrons. The monoisotopic (exact) mass is 334 g/mol. The van der Waals surface area contributed by atoms with Crippen molar-refractivity contribution in [3.63, 3.8) is 0 Å². The van der Waals surface area contributed by atoms with Crippen LogP contribution >= 0.6 is 15.9 Å². The molecule has 0 saturated carbocycles. The van der Waals surface area contributed by atoms with Crippen LogP contribution in [-0.2, 0) is 0 Å². The van der Waals surface area contributed by atoms with Gasteiger partial charge in [-0.3, -0.25) is 4.79 Å². The molecule has 0 aliphatic rings. The van der Waals surface area contributed by atoms with Crippen molar-refractivity contribution < 1.29 is 4.79 Å². The Kier molecular flexibility index (Phi) is 4.34. The lowest BCUT2D eigenvalue weighted by molar-refractivity contribution is 0.102. The number of benzene rings is 1. The summed E-state index contributed by atoms with van der Waals surface area (Å²) in [6, 6.07) is 7.39. The van der Waals surface area contributed by atoms with Gasteiger partial charge in [0.25, 0.3) is 5.91 Å². The predicted molar refractivity (Wildman–Crippen MR) is 83.2 cm³/mol. The molecule has 0 unspecified atom stereocenters. The highest BCUT2D eigenvalue weighted by atomic mass is 79.9. The van der Waals surface area contributed by atoms with Crippen molar-refractivity contribution in [1.29, 1.82) is 0 Å². The molecule has 1 N–H and O–H groups in total. The largest absolute Gasteiger partial charge is 0.347 e. The van der Waals surface area contributed by atoms with Gasteiger partial charge in [-0.05, 0) is 31.2 Å². The van der Waals surface area contributed by atoms with Gasteiger partial charge in [0, 0.05) is 30.5 Å². The summed E-state index contributed by atoms with van der Waals surface area (Å²) in [5.41, 5.74) is 1.85. The van der Waals surface area contributed by atoms with E-state index in [4.69, 9.17) is 0 Å². The van der Waals surface area contributed by atoms with Crippen molar-refractivity contribution in [2.75, 3.05) is 24.3 Å². The number of halogens is 1. The highest BCUT2D eigenvalue weighted by molar-refractivity contribution is 9.10. The van der Waals surface area contributed by atoms with Crippen molar-refractivity contribution in [1.82, 2.24) is 9.97 Å².